The van der Waals surface area contributed by atoms with E-state index in [0.29, 0.717) is 6.04 Å². The molecule has 0 bridgehead atoms. The molecule has 1 aliphatic heterocycles. The summed E-state index contributed by atoms with van der Waals surface area (Å²) in [6.07, 6.45) is 4.06. The Bertz CT molecular complexity index is 381. The van der Waals surface area contributed by atoms with Crippen molar-refractivity contribution in [3.8, 4) is 0 Å². The number of piperidine rings is 1. The number of nitrogens with one attached hydrogen (secondary N) is 1. The highest BCUT2D eigenvalue weighted by molar-refractivity contribution is 5.30. The Morgan fingerprint density at radius 3 is 2.83 bits per heavy atom. The fourth-order valence-electron chi connectivity index (χ4n) is 2.78. The van der Waals surface area contributed by atoms with Gasteiger partial charge in [0.1, 0.15) is 0 Å². The zero-order chi connectivity index (χ0) is 13.0. The molecule has 0 amide bonds. The van der Waals surface area contributed by atoms with Gasteiger partial charge in [-0.25, -0.2) is 0 Å². The van der Waals surface area contributed by atoms with Gasteiger partial charge in [0.05, 0.1) is 0 Å². The second kappa shape index (κ2) is 6.35. The maximum Gasteiger partial charge on any atom is 0.0234 e. The van der Waals surface area contributed by atoms with E-state index in [0.717, 1.165) is 13.1 Å². The Hall–Kier alpha value is -0.860. The van der Waals surface area contributed by atoms with Gasteiger partial charge in [0.15, 0.2) is 0 Å². The van der Waals surface area contributed by atoms with E-state index in [-0.39, 0.29) is 0 Å². The van der Waals surface area contributed by atoms with E-state index in [1.54, 1.807) is 0 Å². The van der Waals surface area contributed by atoms with Crippen LogP contribution in [-0.4, -0.2) is 31.1 Å². The average Bonchev–Trinajstić information content (AvgIpc) is 2.35. The van der Waals surface area contributed by atoms with E-state index in [1.807, 2.05) is 0 Å². The van der Waals surface area contributed by atoms with Gasteiger partial charge in [-0.2, -0.15) is 0 Å². The highest BCUT2D eigenvalue weighted by atomic mass is 15.1. The largest absolute Gasteiger partial charge is 0.313 e. The number of rotatable bonds is 4. The molecule has 0 spiro atoms. The predicted molar refractivity (Wildman–Crippen MR) is 77.9 cm³/mol. The highest BCUT2D eigenvalue weighted by Gasteiger charge is 2.14. The molecule has 0 aromatic heterocycles. The standard InChI is InChI=1S/C16H26N2/c1-13-7-8-14(2)15(10-13)11-18(3)12-16-6-4-5-9-17-16/h7-8,10,16-17H,4-6,9,11-12H2,1-3H3. The van der Waals surface area contributed by atoms with Crippen molar-refractivity contribution in [1.29, 1.82) is 0 Å². The Labute approximate surface area is 111 Å². The second-order valence-electron chi connectivity index (χ2n) is 5.77. The third kappa shape index (κ3) is 3.82. The zero-order valence-electron chi connectivity index (χ0n) is 12.0. The van der Waals surface area contributed by atoms with Crippen molar-refractivity contribution < 1.29 is 0 Å². The normalized spacial score (nSPS) is 20.3. The average molecular weight is 246 g/mol. The molecule has 2 nitrogen and oxygen atoms in total. The molecule has 1 N–H and O–H groups in total. The van der Waals surface area contributed by atoms with Crippen LogP contribution in [0.5, 0.6) is 0 Å². The SMILES string of the molecule is Cc1ccc(C)c(CN(C)CC2CCCCN2)c1. The van der Waals surface area contributed by atoms with Crippen molar-refractivity contribution >= 4 is 0 Å². The fourth-order valence-corrected chi connectivity index (χ4v) is 2.78. The topological polar surface area (TPSA) is 15.3 Å². The van der Waals surface area contributed by atoms with Crippen LogP contribution in [0.4, 0.5) is 0 Å². The molecule has 2 rings (SSSR count). The van der Waals surface area contributed by atoms with Gasteiger partial charge in [-0.3, -0.25) is 0 Å². The van der Waals surface area contributed by atoms with Crippen LogP contribution >= 0.6 is 0 Å². The summed E-state index contributed by atoms with van der Waals surface area (Å²) in [5.74, 6) is 0. The van der Waals surface area contributed by atoms with E-state index in [1.165, 1.54) is 42.5 Å². The molecule has 1 saturated heterocycles. The quantitative estimate of drug-likeness (QED) is 0.879. The van der Waals surface area contributed by atoms with Gasteiger partial charge in [0.25, 0.3) is 0 Å². The van der Waals surface area contributed by atoms with Crippen molar-refractivity contribution in [2.24, 2.45) is 0 Å². The van der Waals surface area contributed by atoms with Gasteiger partial charge in [-0.1, -0.05) is 30.2 Å². The summed E-state index contributed by atoms with van der Waals surface area (Å²) in [6.45, 7) is 7.80. The van der Waals surface area contributed by atoms with Crippen LogP contribution in [-0.2, 0) is 6.54 Å². The van der Waals surface area contributed by atoms with Crippen LogP contribution in [0.25, 0.3) is 0 Å². The summed E-state index contributed by atoms with van der Waals surface area (Å²) in [6, 6.07) is 7.44. The van der Waals surface area contributed by atoms with Crippen LogP contribution in [0.2, 0.25) is 0 Å². The molecular formula is C16H26N2. The number of hydrogen-bond acceptors (Lipinski definition) is 2. The Morgan fingerprint density at radius 1 is 1.28 bits per heavy atom. The summed E-state index contributed by atoms with van der Waals surface area (Å²) < 4.78 is 0. The summed E-state index contributed by atoms with van der Waals surface area (Å²) in [4.78, 5) is 2.45. The van der Waals surface area contributed by atoms with E-state index in [4.69, 9.17) is 0 Å². The first-order valence-electron chi connectivity index (χ1n) is 7.13. The molecule has 0 saturated carbocycles. The lowest BCUT2D eigenvalue weighted by Crippen LogP contribution is -2.42. The minimum absolute atomic E-state index is 0.689. The third-order valence-electron chi connectivity index (χ3n) is 3.89. The molecule has 1 aromatic rings. The van der Waals surface area contributed by atoms with Gasteiger partial charge in [-0.15, -0.1) is 0 Å². The summed E-state index contributed by atoms with van der Waals surface area (Å²) in [5.41, 5.74) is 4.23. The molecule has 0 radical (unpaired) electrons. The van der Waals surface area contributed by atoms with Crippen LogP contribution in [0.1, 0.15) is 36.0 Å². The number of hydrogen-bond donors (Lipinski definition) is 1. The molecule has 18 heavy (non-hydrogen) atoms. The first-order valence-corrected chi connectivity index (χ1v) is 7.13. The lowest BCUT2D eigenvalue weighted by atomic mass is 10.0. The van der Waals surface area contributed by atoms with E-state index in [9.17, 15) is 0 Å². The maximum absolute atomic E-state index is 3.62. The molecule has 1 unspecified atom stereocenters. The second-order valence-corrected chi connectivity index (χ2v) is 5.77. The van der Waals surface area contributed by atoms with Crippen molar-refractivity contribution in [1.82, 2.24) is 10.2 Å². The lowest BCUT2D eigenvalue weighted by Gasteiger charge is -2.28. The minimum atomic E-state index is 0.689. The van der Waals surface area contributed by atoms with Crippen LogP contribution in [0, 0.1) is 13.8 Å². The first kappa shape index (κ1) is 13.6. The van der Waals surface area contributed by atoms with Gasteiger partial charge in [0, 0.05) is 19.1 Å². The summed E-state index contributed by atoms with van der Waals surface area (Å²) >= 11 is 0. The highest BCUT2D eigenvalue weighted by Crippen LogP contribution is 2.14. The number of nitrogens with zero attached hydrogens (tertiary/aromatic N) is 1. The van der Waals surface area contributed by atoms with Crippen LogP contribution < -0.4 is 5.32 Å². The first-order chi connectivity index (χ1) is 8.65. The van der Waals surface area contributed by atoms with Crippen LogP contribution in [0.3, 0.4) is 0 Å². The smallest absolute Gasteiger partial charge is 0.0234 e. The van der Waals surface area contributed by atoms with Crippen molar-refractivity contribution in [2.75, 3.05) is 20.1 Å². The zero-order valence-corrected chi connectivity index (χ0v) is 12.0. The molecule has 1 aromatic carbocycles. The van der Waals surface area contributed by atoms with Gasteiger partial charge in [0.2, 0.25) is 0 Å². The molecule has 1 aliphatic rings. The van der Waals surface area contributed by atoms with E-state index in [2.05, 4.69) is 49.3 Å². The lowest BCUT2D eigenvalue weighted by molar-refractivity contribution is 0.256. The van der Waals surface area contributed by atoms with Gasteiger partial charge in [-0.05, 0) is 51.4 Å². The molecule has 1 fully saturated rings. The molecule has 1 heterocycles. The summed E-state index contributed by atoms with van der Waals surface area (Å²) in [5, 5.41) is 3.62. The predicted octanol–water partition coefficient (Wildman–Crippen LogP) is 2.88. The molecule has 1 atom stereocenters. The fraction of sp³-hybridized carbons (Fsp3) is 0.625. The van der Waals surface area contributed by atoms with Crippen molar-refractivity contribution in [2.45, 2.75) is 45.7 Å². The molecular weight excluding hydrogens is 220 g/mol. The Balaban J connectivity index is 1.89. The van der Waals surface area contributed by atoms with Crippen molar-refractivity contribution in [3.63, 3.8) is 0 Å². The molecule has 100 valence electrons. The Kier molecular flexibility index (Phi) is 4.79. The molecule has 0 aliphatic carbocycles. The maximum atomic E-state index is 3.62. The van der Waals surface area contributed by atoms with Crippen molar-refractivity contribution in [3.05, 3.63) is 34.9 Å². The van der Waals surface area contributed by atoms with Gasteiger partial charge >= 0.3 is 0 Å². The molecule has 2 heteroatoms. The number of aryl methyl sites for hydroxylation is 2. The van der Waals surface area contributed by atoms with Gasteiger partial charge < -0.3 is 10.2 Å². The third-order valence-corrected chi connectivity index (χ3v) is 3.89. The number of benzene rings is 1. The van der Waals surface area contributed by atoms with Crippen LogP contribution in [0.15, 0.2) is 18.2 Å². The van der Waals surface area contributed by atoms with E-state index < -0.39 is 0 Å². The Morgan fingerprint density at radius 2 is 2.11 bits per heavy atom. The summed E-state index contributed by atoms with van der Waals surface area (Å²) in [7, 11) is 2.23. The minimum Gasteiger partial charge on any atom is -0.313 e. The van der Waals surface area contributed by atoms with E-state index >= 15 is 0 Å². The monoisotopic (exact) mass is 246 g/mol. The number of likely N-dealkylation sites (N-methyl/N-ethyl adjacent to an activating group) is 1.